The van der Waals surface area contributed by atoms with E-state index in [1.54, 1.807) is 12.1 Å². The molecule has 122 valence electrons. The molecule has 0 radical (unpaired) electrons. The molecule has 24 heavy (non-hydrogen) atoms. The molecule has 3 aromatic rings. The van der Waals surface area contributed by atoms with E-state index in [2.05, 4.69) is 0 Å². The van der Waals surface area contributed by atoms with Gasteiger partial charge >= 0.3 is 0 Å². The van der Waals surface area contributed by atoms with Crippen molar-refractivity contribution in [2.75, 3.05) is 6.61 Å². The number of hydrogen-bond donors (Lipinski definition) is 2. The van der Waals surface area contributed by atoms with Crippen LogP contribution in [-0.2, 0) is 0 Å². The Balaban J connectivity index is 1.94. The third-order valence-electron chi connectivity index (χ3n) is 3.53. The minimum absolute atomic E-state index is 0.135. The molecule has 0 aliphatic rings. The molecule has 0 aliphatic carbocycles. The van der Waals surface area contributed by atoms with Crippen molar-refractivity contribution in [3.63, 3.8) is 0 Å². The van der Waals surface area contributed by atoms with E-state index in [-0.39, 0.29) is 6.61 Å². The van der Waals surface area contributed by atoms with Gasteiger partial charge in [-0.15, -0.1) is 0 Å². The van der Waals surface area contributed by atoms with Crippen LogP contribution in [-0.4, -0.2) is 11.7 Å². The van der Waals surface area contributed by atoms with Crippen LogP contribution in [0.25, 0.3) is 0 Å². The van der Waals surface area contributed by atoms with E-state index in [4.69, 9.17) is 15.2 Å². The Hall–Kier alpha value is -2.82. The minimum atomic E-state index is -0.464. The van der Waals surface area contributed by atoms with Gasteiger partial charge in [0.25, 0.3) is 0 Å². The quantitative estimate of drug-likeness (QED) is 0.712. The lowest BCUT2D eigenvalue weighted by Crippen LogP contribution is -2.14. The summed E-state index contributed by atoms with van der Waals surface area (Å²) in [5.74, 6) is 2.55. The molecule has 3 N–H and O–H groups in total. The van der Waals surface area contributed by atoms with Gasteiger partial charge in [0.05, 0.1) is 12.6 Å². The molecule has 4 nitrogen and oxygen atoms in total. The smallest absolute Gasteiger partial charge is 0.170 e. The van der Waals surface area contributed by atoms with E-state index in [0.717, 1.165) is 11.3 Å². The summed E-state index contributed by atoms with van der Waals surface area (Å²) in [4.78, 5) is 0. The number of aliphatic hydroxyl groups excluding tert-OH is 1. The van der Waals surface area contributed by atoms with E-state index >= 15 is 0 Å². The molecule has 0 amide bonds. The van der Waals surface area contributed by atoms with Crippen LogP contribution in [0.1, 0.15) is 11.6 Å². The standard InChI is InChI=1S/C20H19NO3/c21-18(14-22)15-11-12-19(23-16-7-3-1-4-8-16)20(13-15)24-17-9-5-2-6-10-17/h1-13,18,22H,14,21H2/t18-/m0/s1. The summed E-state index contributed by atoms with van der Waals surface area (Å²) < 4.78 is 11.9. The van der Waals surface area contributed by atoms with E-state index in [0.29, 0.717) is 17.2 Å². The van der Waals surface area contributed by atoms with Crippen LogP contribution >= 0.6 is 0 Å². The zero-order valence-corrected chi connectivity index (χ0v) is 13.1. The Morgan fingerprint density at radius 1 is 0.750 bits per heavy atom. The average Bonchev–Trinajstić information content (AvgIpc) is 2.64. The topological polar surface area (TPSA) is 64.7 Å². The van der Waals surface area contributed by atoms with Crippen LogP contribution in [0.15, 0.2) is 78.9 Å². The van der Waals surface area contributed by atoms with E-state index < -0.39 is 6.04 Å². The predicted molar refractivity (Wildman–Crippen MR) is 93.5 cm³/mol. The second-order valence-corrected chi connectivity index (χ2v) is 5.33. The van der Waals surface area contributed by atoms with Crippen molar-refractivity contribution in [2.24, 2.45) is 5.73 Å². The molecule has 0 saturated carbocycles. The molecule has 0 fully saturated rings. The van der Waals surface area contributed by atoms with Crippen molar-refractivity contribution >= 4 is 0 Å². The molecule has 0 aromatic heterocycles. The second kappa shape index (κ2) is 7.64. The summed E-state index contributed by atoms with van der Waals surface area (Å²) in [6.07, 6.45) is 0. The van der Waals surface area contributed by atoms with Crippen LogP contribution < -0.4 is 15.2 Å². The van der Waals surface area contributed by atoms with Crippen molar-refractivity contribution in [3.05, 3.63) is 84.4 Å². The number of hydrogen-bond acceptors (Lipinski definition) is 4. The summed E-state index contributed by atoms with van der Waals surface area (Å²) in [6.45, 7) is -0.135. The normalized spacial score (nSPS) is 11.8. The zero-order chi connectivity index (χ0) is 16.8. The highest BCUT2D eigenvalue weighted by Crippen LogP contribution is 2.36. The highest BCUT2D eigenvalue weighted by atomic mass is 16.5. The number of benzene rings is 3. The monoisotopic (exact) mass is 321 g/mol. The van der Waals surface area contributed by atoms with Gasteiger partial charge in [-0.05, 0) is 42.0 Å². The number of para-hydroxylation sites is 2. The molecule has 0 bridgehead atoms. The molecule has 0 unspecified atom stereocenters. The summed E-state index contributed by atoms with van der Waals surface area (Å²) in [6, 6.07) is 23.9. The first-order valence-electron chi connectivity index (χ1n) is 7.72. The number of aliphatic hydroxyl groups is 1. The fourth-order valence-electron chi connectivity index (χ4n) is 2.26. The highest BCUT2D eigenvalue weighted by Gasteiger charge is 2.12. The van der Waals surface area contributed by atoms with E-state index in [1.165, 1.54) is 0 Å². The fraction of sp³-hybridized carbons (Fsp3) is 0.100. The molecular formula is C20H19NO3. The van der Waals surface area contributed by atoms with Crippen molar-refractivity contribution in [3.8, 4) is 23.0 Å². The van der Waals surface area contributed by atoms with Gasteiger partial charge < -0.3 is 20.3 Å². The Morgan fingerprint density at radius 2 is 1.29 bits per heavy atom. The molecule has 4 heteroatoms. The van der Waals surface area contributed by atoms with Crippen molar-refractivity contribution in [1.82, 2.24) is 0 Å². The Kier molecular flexibility index (Phi) is 5.11. The molecule has 0 saturated heterocycles. The molecule has 3 rings (SSSR count). The first kappa shape index (κ1) is 16.1. The van der Waals surface area contributed by atoms with Crippen molar-refractivity contribution < 1.29 is 14.6 Å². The third-order valence-corrected chi connectivity index (χ3v) is 3.53. The van der Waals surface area contributed by atoms with Crippen molar-refractivity contribution in [1.29, 1.82) is 0 Å². The van der Waals surface area contributed by atoms with Crippen LogP contribution in [0, 0.1) is 0 Å². The van der Waals surface area contributed by atoms with E-state index in [9.17, 15) is 5.11 Å². The molecule has 1 atom stereocenters. The number of ether oxygens (including phenoxy) is 2. The average molecular weight is 321 g/mol. The summed E-state index contributed by atoms with van der Waals surface area (Å²) in [5, 5.41) is 9.28. The molecule has 0 heterocycles. The van der Waals surface area contributed by atoms with Crippen LogP contribution in [0.3, 0.4) is 0 Å². The lowest BCUT2D eigenvalue weighted by Gasteiger charge is -2.16. The first-order chi connectivity index (χ1) is 11.8. The maximum atomic E-state index is 9.28. The third kappa shape index (κ3) is 3.93. The highest BCUT2D eigenvalue weighted by molar-refractivity contribution is 5.48. The van der Waals surface area contributed by atoms with Gasteiger partial charge in [0.15, 0.2) is 11.5 Å². The fourth-order valence-corrected chi connectivity index (χ4v) is 2.26. The molecule has 0 aliphatic heterocycles. The molecular weight excluding hydrogens is 302 g/mol. The SMILES string of the molecule is N[C@@H](CO)c1ccc(Oc2ccccc2)c(Oc2ccccc2)c1. The van der Waals surface area contributed by atoms with Gasteiger partial charge in [-0.3, -0.25) is 0 Å². The maximum Gasteiger partial charge on any atom is 0.170 e. The van der Waals surface area contributed by atoms with Crippen LogP contribution in [0.2, 0.25) is 0 Å². The minimum Gasteiger partial charge on any atom is -0.453 e. The van der Waals surface area contributed by atoms with Crippen LogP contribution in [0.4, 0.5) is 0 Å². The van der Waals surface area contributed by atoms with Gasteiger partial charge in [0, 0.05) is 0 Å². The van der Waals surface area contributed by atoms with Gasteiger partial charge in [0.2, 0.25) is 0 Å². The predicted octanol–water partition coefficient (Wildman–Crippen LogP) is 4.26. The first-order valence-corrected chi connectivity index (χ1v) is 7.72. The van der Waals surface area contributed by atoms with Crippen LogP contribution in [0.5, 0.6) is 23.0 Å². The second-order valence-electron chi connectivity index (χ2n) is 5.33. The lowest BCUT2D eigenvalue weighted by atomic mass is 10.1. The molecule has 0 spiro atoms. The Bertz CT molecular complexity index is 775. The Morgan fingerprint density at radius 3 is 1.83 bits per heavy atom. The van der Waals surface area contributed by atoms with E-state index in [1.807, 2.05) is 66.7 Å². The largest absolute Gasteiger partial charge is 0.453 e. The number of rotatable bonds is 6. The Labute approximate surface area is 141 Å². The van der Waals surface area contributed by atoms with Gasteiger partial charge in [0.1, 0.15) is 11.5 Å². The zero-order valence-electron chi connectivity index (χ0n) is 13.1. The van der Waals surface area contributed by atoms with Gasteiger partial charge in [-0.2, -0.15) is 0 Å². The summed E-state index contributed by atoms with van der Waals surface area (Å²) in [7, 11) is 0. The summed E-state index contributed by atoms with van der Waals surface area (Å²) >= 11 is 0. The van der Waals surface area contributed by atoms with Gasteiger partial charge in [-0.25, -0.2) is 0 Å². The maximum absolute atomic E-state index is 9.28. The number of nitrogens with two attached hydrogens (primary N) is 1. The van der Waals surface area contributed by atoms with Gasteiger partial charge in [-0.1, -0.05) is 42.5 Å². The summed E-state index contributed by atoms with van der Waals surface area (Å²) in [5.41, 5.74) is 6.69. The van der Waals surface area contributed by atoms with Crippen molar-refractivity contribution in [2.45, 2.75) is 6.04 Å². The lowest BCUT2D eigenvalue weighted by molar-refractivity contribution is 0.267. The molecule has 3 aromatic carbocycles.